The van der Waals surface area contributed by atoms with E-state index in [1.807, 2.05) is 41.3 Å². The molecule has 0 unspecified atom stereocenters. The van der Waals surface area contributed by atoms with Gasteiger partial charge in [0.1, 0.15) is 0 Å². The molecule has 4 rings (SSSR count). The first-order valence-electron chi connectivity index (χ1n) is 5.90. The molecule has 1 aliphatic rings. The van der Waals surface area contributed by atoms with Crippen LogP contribution in [0.4, 0.5) is 0 Å². The highest BCUT2D eigenvalue weighted by Crippen LogP contribution is 2.44. The minimum atomic E-state index is 0.661. The van der Waals surface area contributed by atoms with E-state index in [-0.39, 0.29) is 0 Å². The number of fused-ring (bicyclic) bond motifs is 1. The lowest BCUT2D eigenvalue weighted by atomic mass is 10.1. The second-order valence-electron chi connectivity index (χ2n) is 4.51. The van der Waals surface area contributed by atoms with Crippen molar-refractivity contribution in [1.82, 2.24) is 19.6 Å². The van der Waals surface area contributed by atoms with Crippen molar-refractivity contribution in [2.75, 3.05) is 0 Å². The summed E-state index contributed by atoms with van der Waals surface area (Å²) in [7, 11) is 0. The standard InChI is InChI=1S/C13H12N4/c1-2-6-14-10(3-1)11-12(9-4-5-9)16-17-8-7-15-13(11)17/h1-3,6-9,16H,4-5H2. The number of H-pyrrole nitrogens is 1. The molecule has 1 aliphatic carbocycles. The fourth-order valence-electron chi connectivity index (χ4n) is 2.32. The fourth-order valence-corrected chi connectivity index (χ4v) is 2.32. The Bertz CT molecular complexity index is 661. The van der Waals surface area contributed by atoms with E-state index in [9.17, 15) is 0 Å². The normalized spacial score (nSPS) is 15.5. The monoisotopic (exact) mass is 224 g/mol. The lowest BCUT2D eigenvalue weighted by Gasteiger charge is -2.00. The zero-order valence-corrected chi connectivity index (χ0v) is 9.30. The molecule has 3 heterocycles. The van der Waals surface area contributed by atoms with E-state index in [4.69, 9.17) is 0 Å². The Morgan fingerprint density at radius 2 is 2.12 bits per heavy atom. The van der Waals surface area contributed by atoms with Crippen molar-refractivity contribution in [2.45, 2.75) is 18.8 Å². The van der Waals surface area contributed by atoms with Gasteiger partial charge in [0.05, 0.1) is 11.3 Å². The maximum atomic E-state index is 4.45. The predicted octanol–water partition coefficient (Wildman–Crippen LogP) is 2.60. The molecule has 17 heavy (non-hydrogen) atoms. The molecule has 1 fully saturated rings. The molecule has 0 bridgehead atoms. The zero-order chi connectivity index (χ0) is 11.2. The topological polar surface area (TPSA) is 46.0 Å². The summed E-state index contributed by atoms with van der Waals surface area (Å²) in [5, 5.41) is 3.42. The van der Waals surface area contributed by atoms with E-state index in [2.05, 4.69) is 15.1 Å². The Kier molecular flexibility index (Phi) is 1.69. The summed E-state index contributed by atoms with van der Waals surface area (Å²) >= 11 is 0. The van der Waals surface area contributed by atoms with Gasteiger partial charge in [-0.3, -0.25) is 10.1 Å². The van der Waals surface area contributed by atoms with Crippen molar-refractivity contribution < 1.29 is 0 Å². The first-order valence-corrected chi connectivity index (χ1v) is 5.90. The molecule has 0 saturated heterocycles. The van der Waals surface area contributed by atoms with E-state index < -0.39 is 0 Å². The Morgan fingerprint density at radius 3 is 2.88 bits per heavy atom. The van der Waals surface area contributed by atoms with E-state index >= 15 is 0 Å². The Balaban J connectivity index is 2.02. The third-order valence-electron chi connectivity index (χ3n) is 3.28. The number of aromatic nitrogens is 4. The average molecular weight is 224 g/mol. The van der Waals surface area contributed by atoms with Crippen LogP contribution in [-0.2, 0) is 0 Å². The van der Waals surface area contributed by atoms with Crippen LogP contribution in [0.3, 0.4) is 0 Å². The number of hydrogen-bond donors (Lipinski definition) is 1. The van der Waals surface area contributed by atoms with Crippen LogP contribution in [0.5, 0.6) is 0 Å². The number of aromatic amines is 1. The smallest absolute Gasteiger partial charge is 0.162 e. The molecule has 0 aliphatic heterocycles. The molecule has 0 aromatic carbocycles. The highest BCUT2D eigenvalue weighted by atomic mass is 15.3. The third kappa shape index (κ3) is 1.30. The van der Waals surface area contributed by atoms with Crippen LogP contribution in [0.25, 0.3) is 16.9 Å². The molecule has 4 heteroatoms. The first-order chi connectivity index (χ1) is 8.43. The lowest BCUT2D eigenvalue weighted by Crippen LogP contribution is -1.88. The van der Waals surface area contributed by atoms with Gasteiger partial charge in [-0.15, -0.1) is 0 Å². The van der Waals surface area contributed by atoms with Crippen LogP contribution < -0.4 is 0 Å². The summed E-state index contributed by atoms with van der Waals surface area (Å²) in [5.74, 6) is 0.661. The summed E-state index contributed by atoms with van der Waals surface area (Å²) < 4.78 is 1.98. The van der Waals surface area contributed by atoms with Crippen LogP contribution in [0.15, 0.2) is 36.8 Å². The third-order valence-corrected chi connectivity index (χ3v) is 3.28. The van der Waals surface area contributed by atoms with Crippen molar-refractivity contribution in [1.29, 1.82) is 0 Å². The van der Waals surface area contributed by atoms with E-state index in [0.717, 1.165) is 16.9 Å². The summed E-state index contributed by atoms with van der Waals surface area (Å²) in [6.07, 6.45) is 8.13. The van der Waals surface area contributed by atoms with Gasteiger partial charge in [0, 0.05) is 30.2 Å². The van der Waals surface area contributed by atoms with Crippen LogP contribution in [0.1, 0.15) is 24.5 Å². The van der Waals surface area contributed by atoms with Gasteiger partial charge < -0.3 is 0 Å². The molecule has 3 aromatic rings. The molecule has 1 N–H and O–H groups in total. The molecule has 4 nitrogen and oxygen atoms in total. The van der Waals surface area contributed by atoms with Gasteiger partial charge in [-0.1, -0.05) is 6.07 Å². The van der Waals surface area contributed by atoms with Crippen LogP contribution in [-0.4, -0.2) is 19.6 Å². The largest absolute Gasteiger partial charge is 0.296 e. The van der Waals surface area contributed by atoms with Crippen molar-refractivity contribution in [3.63, 3.8) is 0 Å². The summed E-state index contributed by atoms with van der Waals surface area (Å²) in [6, 6.07) is 6.00. The molecule has 84 valence electrons. The minimum absolute atomic E-state index is 0.661. The zero-order valence-electron chi connectivity index (χ0n) is 9.30. The molecule has 0 spiro atoms. The Labute approximate surface area is 98.3 Å². The van der Waals surface area contributed by atoms with Gasteiger partial charge in [-0.05, 0) is 25.0 Å². The number of nitrogens with zero attached hydrogens (tertiary/aromatic N) is 3. The van der Waals surface area contributed by atoms with Gasteiger partial charge >= 0.3 is 0 Å². The van der Waals surface area contributed by atoms with Crippen LogP contribution >= 0.6 is 0 Å². The summed E-state index contributed by atoms with van der Waals surface area (Å²) in [5.41, 5.74) is 4.43. The lowest BCUT2D eigenvalue weighted by molar-refractivity contribution is 0.899. The van der Waals surface area contributed by atoms with Crippen molar-refractivity contribution in [3.8, 4) is 11.3 Å². The SMILES string of the molecule is c1ccc(-c2c(C3CC3)[nH]n3ccnc23)nc1. The molecule has 0 atom stereocenters. The summed E-state index contributed by atoms with van der Waals surface area (Å²) in [4.78, 5) is 8.87. The minimum Gasteiger partial charge on any atom is -0.296 e. The number of rotatable bonds is 2. The van der Waals surface area contributed by atoms with Crippen LogP contribution in [0.2, 0.25) is 0 Å². The number of imidazole rings is 1. The Morgan fingerprint density at radius 1 is 1.18 bits per heavy atom. The highest BCUT2D eigenvalue weighted by Gasteiger charge is 2.30. The van der Waals surface area contributed by atoms with Gasteiger partial charge in [0.15, 0.2) is 5.65 Å². The quantitative estimate of drug-likeness (QED) is 0.727. The number of hydrogen-bond acceptors (Lipinski definition) is 2. The molecule has 3 aromatic heterocycles. The summed E-state index contributed by atoms with van der Waals surface area (Å²) in [6.45, 7) is 0. The van der Waals surface area contributed by atoms with Gasteiger partial charge in [0.2, 0.25) is 0 Å². The number of nitrogens with one attached hydrogen (secondary N) is 1. The molecule has 0 radical (unpaired) electrons. The van der Waals surface area contributed by atoms with Crippen molar-refractivity contribution in [3.05, 3.63) is 42.5 Å². The number of pyridine rings is 1. The van der Waals surface area contributed by atoms with Gasteiger partial charge in [0.25, 0.3) is 0 Å². The molecule has 1 saturated carbocycles. The second-order valence-corrected chi connectivity index (χ2v) is 4.51. The van der Waals surface area contributed by atoms with Crippen molar-refractivity contribution >= 4 is 5.65 Å². The van der Waals surface area contributed by atoms with Gasteiger partial charge in [-0.2, -0.15) is 0 Å². The Hall–Kier alpha value is -2.10. The van der Waals surface area contributed by atoms with E-state index in [1.165, 1.54) is 18.5 Å². The fraction of sp³-hybridized carbons (Fsp3) is 0.231. The second kappa shape index (κ2) is 3.20. The van der Waals surface area contributed by atoms with E-state index in [1.54, 1.807) is 0 Å². The van der Waals surface area contributed by atoms with Crippen LogP contribution in [0, 0.1) is 0 Å². The first kappa shape index (κ1) is 8.98. The highest BCUT2D eigenvalue weighted by molar-refractivity contribution is 5.78. The predicted molar refractivity (Wildman–Crippen MR) is 64.7 cm³/mol. The molecular weight excluding hydrogens is 212 g/mol. The molecule has 0 amide bonds. The van der Waals surface area contributed by atoms with Gasteiger partial charge in [-0.25, -0.2) is 9.50 Å². The van der Waals surface area contributed by atoms with Crippen molar-refractivity contribution in [2.24, 2.45) is 0 Å². The van der Waals surface area contributed by atoms with E-state index in [0.29, 0.717) is 5.92 Å². The maximum absolute atomic E-state index is 4.45. The molecular formula is C13H12N4. The average Bonchev–Trinajstić information content (AvgIpc) is 3.00. The maximum Gasteiger partial charge on any atom is 0.162 e.